The molecule has 29 heavy (non-hydrogen) atoms. The van der Waals surface area contributed by atoms with E-state index in [1.807, 2.05) is 12.1 Å². The molecule has 2 heterocycles. The molecule has 1 unspecified atom stereocenters. The van der Waals surface area contributed by atoms with Crippen LogP contribution in [0, 0.1) is 0 Å². The minimum atomic E-state index is -2.05. The number of hydrogen-bond donors (Lipinski definition) is 1. The smallest absolute Gasteiger partial charge is 0.416 e. The Morgan fingerprint density at radius 3 is 2.59 bits per heavy atom. The molecule has 0 radical (unpaired) electrons. The van der Waals surface area contributed by atoms with Gasteiger partial charge in [-0.05, 0) is 25.7 Å². The summed E-state index contributed by atoms with van der Waals surface area (Å²) in [7, 11) is 0.870. The summed E-state index contributed by atoms with van der Waals surface area (Å²) < 4.78 is 7.60. The second kappa shape index (κ2) is 8.07. The van der Waals surface area contributed by atoms with Gasteiger partial charge < -0.3 is 9.53 Å². The number of benzene rings is 1. The zero-order chi connectivity index (χ0) is 21.3. The number of aromatic nitrogens is 2. The molecule has 0 fully saturated rings. The van der Waals surface area contributed by atoms with Crippen molar-refractivity contribution in [2.75, 3.05) is 14.2 Å². The number of amides is 1. The third kappa shape index (κ3) is 4.40. The number of rotatable bonds is 6. The predicted octanol–water partition coefficient (Wildman–Crippen LogP) is 4.20. The highest BCUT2D eigenvalue weighted by Crippen LogP contribution is 2.36. The summed E-state index contributed by atoms with van der Waals surface area (Å²) in [6.45, 7) is 6.15. The molecule has 8 nitrogen and oxygen atoms in total. The molecule has 0 aliphatic heterocycles. The largest absolute Gasteiger partial charge is 0.464 e. The Hall–Kier alpha value is -2.53. The first-order valence-electron chi connectivity index (χ1n) is 8.91. The zero-order valence-corrected chi connectivity index (χ0v) is 18.7. The summed E-state index contributed by atoms with van der Waals surface area (Å²) in [5, 5.41) is 13.7. The van der Waals surface area contributed by atoms with Crippen LogP contribution in [0.3, 0.4) is 0 Å². The topological polar surface area (TPSA) is 93.9 Å². The van der Waals surface area contributed by atoms with Crippen LogP contribution in [0.2, 0.25) is 19.6 Å². The lowest BCUT2D eigenvalue weighted by Gasteiger charge is -2.25. The van der Waals surface area contributed by atoms with E-state index in [0.29, 0.717) is 16.1 Å². The monoisotopic (exact) mass is 433 g/mol. The van der Waals surface area contributed by atoms with Crippen molar-refractivity contribution in [1.29, 1.82) is 0 Å². The fraction of sp³-hybridized carbons (Fsp3) is 0.316. The van der Waals surface area contributed by atoms with Gasteiger partial charge in [0.1, 0.15) is 16.8 Å². The third-order valence-electron chi connectivity index (χ3n) is 4.23. The predicted molar refractivity (Wildman–Crippen MR) is 113 cm³/mol. The third-order valence-corrected chi connectivity index (χ3v) is 6.06. The van der Waals surface area contributed by atoms with Gasteiger partial charge >= 0.3 is 6.09 Å². The lowest BCUT2D eigenvalue weighted by Crippen LogP contribution is -2.29. The second-order valence-electron chi connectivity index (χ2n) is 7.42. The lowest BCUT2D eigenvalue weighted by atomic mass is 10.1. The van der Waals surface area contributed by atoms with Crippen LogP contribution in [0.4, 0.5) is 4.79 Å². The summed E-state index contributed by atoms with van der Waals surface area (Å²) in [4.78, 5) is 33.5. The molecule has 10 heteroatoms. The Labute approximate surface area is 173 Å². The van der Waals surface area contributed by atoms with E-state index in [9.17, 15) is 14.7 Å². The first-order chi connectivity index (χ1) is 13.6. The normalized spacial score (nSPS) is 12.9. The number of thiazole rings is 1. The zero-order valence-electron chi connectivity index (χ0n) is 16.9. The Morgan fingerprint density at radius 2 is 1.97 bits per heavy atom. The summed E-state index contributed by atoms with van der Waals surface area (Å²) in [6.07, 6.45) is -0.0791. The van der Waals surface area contributed by atoms with Crippen molar-refractivity contribution in [2.45, 2.75) is 25.7 Å². The van der Waals surface area contributed by atoms with Crippen LogP contribution in [0.15, 0.2) is 35.8 Å². The highest BCUT2D eigenvalue weighted by atomic mass is 32.1. The quantitative estimate of drug-likeness (QED) is 0.463. The van der Waals surface area contributed by atoms with Crippen LogP contribution in [0.1, 0.15) is 27.2 Å². The van der Waals surface area contributed by atoms with E-state index in [2.05, 4.69) is 24.6 Å². The fourth-order valence-corrected chi connectivity index (χ4v) is 4.79. The van der Waals surface area contributed by atoms with E-state index >= 15 is 0 Å². The molecule has 0 bridgehead atoms. The van der Waals surface area contributed by atoms with Crippen LogP contribution >= 0.6 is 11.3 Å². The van der Waals surface area contributed by atoms with Gasteiger partial charge in [0.25, 0.3) is 5.91 Å². The number of nitrogens with zero attached hydrogens (tertiary/aromatic N) is 3. The maximum absolute atomic E-state index is 12.4. The molecule has 1 amide bonds. The fourth-order valence-electron chi connectivity index (χ4n) is 2.92. The highest BCUT2D eigenvalue weighted by molar-refractivity contribution is 7.10. The highest BCUT2D eigenvalue weighted by Gasteiger charge is 2.30. The van der Waals surface area contributed by atoms with E-state index in [1.54, 1.807) is 23.7 Å². The molecule has 3 aromatic rings. The molecule has 2 aromatic heterocycles. The van der Waals surface area contributed by atoms with Gasteiger partial charge in [0, 0.05) is 29.6 Å². The molecule has 1 N–H and O–H groups in total. The number of carbonyl (C=O) groups excluding carboxylic acids is 1. The average molecular weight is 434 g/mol. The van der Waals surface area contributed by atoms with Crippen LogP contribution in [0.25, 0.3) is 10.9 Å². The molecule has 0 aliphatic rings. The molecule has 0 saturated carbocycles. The van der Waals surface area contributed by atoms with Crippen LogP contribution in [-0.2, 0) is 9.26 Å². The minimum absolute atomic E-state index is 0.250. The number of hydroxylamine groups is 2. The van der Waals surface area contributed by atoms with E-state index in [0.717, 1.165) is 10.4 Å². The molecule has 1 atom stereocenters. The molecule has 0 spiro atoms. The van der Waals surface area contributed by atoms with Crippen molar-refractivity contribution in [3.05, 3.63) is 52.1 Å². The Morgan fingerprint density at radius 1 is 1.28 bits per heavy atom. The van der Waals surface area contributed by atoms with Crippen molar-refractivity contribution >= 4 is 42.6 Å². The molecule has 3 rings (SSSR count). The van der Waals surface area contributed by atoms with Crippen LogP contribution in [0.5, 0.6) is 0 Å². The van der Waals surface area contributed by atoms with Crippen LogP contribution in [-0.4, -0.2) is 54.2 Å². The molecular weight excluding hydrogens is 410 g/mol. The molecule has 0 aliphatic carbocycles. The van der Waals surface area contributed by atoms with Gasteiger partial charge in [0.15, 0.2) is 8.32 Å². The van der Waals surface area contributed by atoms with Crippen molar-refractivity contribution < 1.29 is 24.0 Å². The first-order valence-corrected chi connectivity index (χ1v) is 13.2. The SMILES string of the molecule is CON(C)C(=O)c1csc(C(O[Si](C)(C)C)c2cn(C(=O)O)c3ccccc23)n1. The van der Waals surface area contributed by atoms with E-state index in [1.165, 1.54) is 30.1 Å². The number of carbonyl (C=O) groups is 2. The number of hydrogen-bond acceptors (Lipinski definition) is 6. The number of fused-ring (bicyclic) bond motifs is 1. The first kappa shape index (κ1) is 21.2. The van der Waals surface area contributed by atoms with Crippen LogP contribution < -0.4 is 0 Å². The van der Waals surface area contributed by atoms with Gasteiger partial charge in [-0.25, -0.2) is 14.8 Å². The summed E-state index contributed by atoms with van der Waals surface area (Å²) >= 11 is 1.30. The summed E-state index contributed by atoms with van der Waals surface area (Å²) in [5.74, 6) is -0.366. The minimum Gasteiger partial charge on any atom is -0.464 e. The van der Waals surface area contributed by atoms with Gasteiger partial charge in [-0.2, -0.15) is 0 Å². The van der Waals surface area contributed by atoms with Gasteiger partial charge in [0.05, 0.1) is 12.6 Å². The number of carboxylic acid groups (broad SMARTS) is 1. The lowest BCUT2D eigenvalue weighted by molar-refractivity contribution is -0.0760. The van der Waals surface area contributed by atoms with Crippen molar-refractivity contribution in [3.8, 4) is 0 Å². The number of para-hydroxylation sites is 1. The molecule has 154 valence electrons. The van der Waals surface area contributed by atoms with Crippen molar-refractivity contribution in [1.82, 2.24) is 14.6 Å². The Bertz CT molecular complexity index is 1060. The van der Waals surface area contributed by atoms with Gasteiger partial charge in [-0.3, -0.25) is 14.2 Å². The summed E-state index contributed by atoms with van der Waals surface area (Å²) in [6, 6.07) is 7.26. The van der Waals surface area contributed by atoms with Crippen molar-refractivity contribution in [2.24, 2.45) is 0 Å². The van der Waals surface area contributed by atoms with E-state index in [-0.39, 0.29) is 11.6 Å². The van der Waals surface area contributed by atoms with Gasteiger partial charge in [0.2, 0.25) is 0 Å². The second-order valence-corrected chi connectivity index (χ2v) is 12.8. The van der Waals surface area contributed by atoms with E-state index < -0.39 is 20.5 Å². The van der Waals surface area contributed by atoms with Gasteiger partial charge in [-0.15, -0.1) is 11.3 Å². The van der Waals surface area contributed by atoms with Gasteiger partial charge in [-0.1, -0.05) is 18.2 Å². The summed E-state index contributed by atoms with van der Waals surface area (Å²) in [5.41, 5.74) is 1.53. The Kier molecular flexibility index (Phi) is 5.89. The van der Waals surface area contributed by atoms with Crippen molar-refractivity contribution in [3.63, 3.8) is 0 Å². The van der Waals surface area contributed by atoms with E-state index in [4.69, 9.17) is 9.26 Å². The Balaban J connectivity index is 2.13. The standard InChI is InChI=1S/C19H23N3O5SSi/c1-21(26-2)18(23)14-11-28-17(20-14)16(27-29(3,4)5)13-10-22(19(24)25)15-9-7-6-8-12(13)15/h6-11,16H,1-5H3,(H,24,25). The maximum Gasteiger partial charge on any atom is 0.416 e. The maximum atomic E-state index is 12.4. The molecule has 1 aromatic carbocycles. The average Bonchev–Trinajstić information content (AvgIpc) is 3.29. The molecule has 0 saturated heterocycles. The molecular formula is C19H23N3O5SSi.